The van der Waals surface area contributed by atoms with Crippen LogP contribution < -0.4 is 0 Å². The number of carbonyl (C=O) groups is 1. The maximum Gasteiger partial charge on any atom is 0.302 e. The third kappa shape index (κ3) is 2.32. The Morgan fingerprint density at radius 2 is 1.92 bits per heavy atom. The number of carbonyl (C=O) groups excluding carboxylic acids is 1. The number of hydrogen-bond donors (Lipinski definition) is 0. The smallest absolute Gasteiger partial charge is 0.302 e. The highest BCUT2D eigenvalue weighted by atomic mass is 16.5. The Morgan fingerprint density at radius 1 is 1.17 bits per heavy atom. The summed E-state index contributed by atoms with van der Waals surface area (Å²) >= 11 is 0. The van der Waals surface area contributed by atoms with Gasteiger partial charge in [-0.3, -0.25) is 4.79 Å². The molecule has 4 rings (SSSR count). The van der Waals surface area contributed by atoms with Gasteiger partial charge in [0.2, 0.25) is 0 Å². The molecule has 2 nitrogen and oxygen atoms in total. The number of rotatable bonds is 1. The Hall–Kier alpha value is -1.05. The molecule has 7 atom stereocenters. The zero-order valence-corrected chi connectivity index (χ0v) is 15.5. The summed E-state index contributed by atoms with van der Waals surface area (Å²) in [7, 11) is 0. The number of hydrogen-bond acceptors (Lipinski definition) is 2. The van der Waals surface area contributed by atoms with Crippen molar-refractivity contribution in [2.75, 3.05) is 0 Å². The van der Waals surface area contributed by atoms with E-state index in [1.807, 2.05) is 0 Å². The molecule has 0 N–H and O–H groups in total. The van der Waals surface area contributed by atoms with Crippen molar-refractivity contribution in [1.29, 1.82) is 0 Å². The maximum absolute atomic E-state index is 11.3. The second-order valence-electron chi connectivity index (χ2n) is 9.13. The Labute approximate surface area is 146 Å². The fourth-order valence-corrected chi connectivity index (χ4v) is 6.73. The highest BCUT2D eigenvalue weighted by molar-refractivity contribution is 5.66. The minimum absolute atomic E-state index is 0.117. The average Bonchev–Trinajstić information content (AvgIpc) is 2.84. The van der Waals surface area contributed by atoms with Crippen LogP contribution in [0.15, 0.2) is 23.8 Å². The van der Waals surface area contributed by atoms with Gasteiger partial charge >= 0.3 is 5.97 Å². The van der Waals surface area contributed by atoms with E-state index in [1.165, 1.54) is 37.7 Å². The van der Waals surface area contributed by atoms with Crippen molar-refractivity contribution in [3.63, 3.8) is 0 Å². The summed E-state index contributed by atoms with van der Waals surface area (Å²) in [6.07, 6.45) is 11.4. The van der Waals surface area contributed by atoms with Gasteiger partial charge in [-0.2, -0.15) is 0 Å². The third-order valence-electron chi connectivity index (χ3n) is 8.19. The molecule has 3 fully saturated rings. The molecule has 4 aliphatic carbocycles. The lowest BCUT2D eigenvalue weighted by Gasteiger charge is -2.52. The zero-order valence-electron chi connectivity index (χ0n) is 15.5. The fraction of sp³-hybridized carbons (Fsp3) is 0.773. The summed E-state index contributed by atoms with van der Waals surface area (Å²) in [4.78, 5) is 11.3. The predicted molar refractivity (Wildman–Crippen MR) is 96.3 cm³/mol. The van der Waals surface area contributed by atoms with E-state index in [0.29, 0.717) is 17.3 Å². The van der Waals surface area contributed by atoms with Gasteiger partial charge in [-0.15, -0.1) is 0 Å². The monoisotopic (exact) mass is 328 g/mol. The standard InChI is InChI=1S/C22H32O2/c1-13-5-10-21-19-8-6-16-12-17(24-15(3)23)7-9-18(16)20(19)11-14(2)22(13,21)4/h11,13,16-19,21H,2,5-10,12H2,1,3-4H3. The molecule has 0 aliphatic heterocycles. The van der Waals surface area contributed by atoms with Crippen LogP contribution in [0.1, 0.15) is 65.7 Å². The van der Waals surface area contributed by atoms with Gasteiger partial charge in [-0.05, 0) is 85.5 Å². The molecule has 0 bridgehead atoms. The molecule has 4 aliphatic rings. The van der Waals surface area contributed by atoms with Crippen LogP contribution in [0.5, 0.6) is 0 Å². The molecule has 2 heteroatoms. The molecule has 24 heavy (non-hydrogen) atoms. The molecule has 3 saturated carbocycles. The van der Waals surface area contributed by atoms with Crippen LogP contribution in [0.25, 0.3) is 0 Å². The van der Waals surface area contributed by atoms with E-state index in [1.54, 1.807) is 12.5 Å². The third-order valence-corrected chi connectivity index (χ3v) is 8.19. The van der Waals surface area contributed by atoms with Crippen LogP contribution in [0.3, 0.4) is 0 Å². The minimum Gasteiger partial charge on any atom is -0.463 e. The SMILES string of the molecule is C=C1C=C2C3CCC(OC(C)=O)CC3CCC2C2CCC(C)C12C. The van der Waals surface area contributed by atoms with Gasteiger partial charge in [0, 0.05) is 6.92 Å². The van der Waals surface area contributed by atoms with Gasteiger partial charge in [-0.1, -0.05) is 32.1 Å². The zero-order chi connectivity index (χ0) is 17.1. The van der Waals surface area contributed by atoms with Crippen LogP contribution in [0.4, 0.5) is 0 Å². The van der Waals surface area contributed by atoms with Crippen molar-refractivity contribution in [1.82, 2.24) is 0 Å². The van der Waals surface area contributed by atoms with Crippen molar-refractivity contribution >= 4 is 5.97 Å². The van der Waals surface area contributed by atoms with E-state index >= 15 is 0 Å². The van der Waals surface area contributed by atoms with Crippen LogP contribution in [-0.4, -0.2) is 12.1 Å². The Balaban J connectivity index is 1.58. The van der Waals surface area contributed by atoms with Crippen molar-refractivity contribution in [3.8, 4) is 0 Å². The van der Waals surface area contributed by atoms with Gasteiger partial charge in [0.25, 0.3) is 0 Å². The molecule has 132 valence electrons. The summed E-state index contributed by atoms with van der Waals surface area (Å²) in [5.74, 6) is 3.68. The molecule has 7 unspecified atom stereocenters. The van der Waals surface area contributed by atoms with Crippen molar-refractivity contribution in [2.24, 2.45) is 35.0 Å². The van der Waals surface area contributed by atoms with Crippen LogP contribution in [0, 0.1) is 35.0 Å². The lowest BCUT2D eigenvalue weighted by molar-refractivity contribution is -0.149. The molecule has 0 radical (unpaired) electrons. The molecule has 0 aromatic heterocycles. The summed E-state index contributed by atoms with van der Waals surface area (Å²) in [6, 6.07) is 0. The normalized spacial score (nSPS) is 47.3. The molecular formula is C22H32O2. The maximum atomic E-state index is 11.3. The Bertz CT molecular complexity index is 589. The topological polar surface area (TPSA) is 26.3 Å². The van der Waals surface area contributed by atoms with E-state index in [9.17, 15) is 4.79 Å². The van der Waals surface area contributed by atoms with E-state index in [4.69, 9.17) is 4.74 Å². The number of esters is 1. The molecule has 0 heterocycles. The number of fused-ring (bicyclic) bond motifs is 5. The fourth-order valence-electron chi connectivity index (χ4n) is 6.73. The second-order valence-corrected chi connectivity index (χ2v) is 9.13. The Morgan fingerprint density at radius 3 is 2.67 bits per heavy atom. The van der Waals surface area contributed by atoms with Gasteiger partial charge in [0.05, 0.1) is 0 Å². The minimum atomic E-state index is -0.117. The van der Waals surface area contributed by atoms with E-state index in [-0.39, 0.29) is 12.1 Å². The molecule has 0 spiro atoms. The van der Waals surface area contributed by atoms with Crippen LogP contribution in [0.2, 0.25) is 0 Å². The molecule has 0 aromatic rings. The van der Waals surface area contributed by atoms with E-state index in [2.05, 4.69) is 26.5 Å². The summed E-state index contributed by atoms with van der Waals surface area (Å²) in [6.45, 7) is 11.0. The first-order valence-electron chi connectivity index (χ1n) is 9.99. The first-order chi connectivity index (χ1) is 11.4. The van der Waals surface area contributed by atoms with Crippen molar-refractivity contribution in [2.45, 2.75) is 71.8 Å². The van der Waals surface area contributed by atoms with Crippen molar-refractivity contribution < 1.29 is 9.53 Å². The van der Waals surface area contributed by atoms with E-state index in [0.717, 1.165) is 30.6 Å². The van der Waals surface area contributed by atoms with Crippen molar-refractivity contribution in [3.05, 3.63) is 23.8 Å². The highest BCUT2D eigenvalue weighted by Crippen LogP contribution is 2.63. The molecule has 0 saturated heterocycles. The molecule has 0 amide bonds. The molecular weight excluding hydrogens is 296 g/mol. The number of ether oxygens (including phenoxy) is 1. The lowest BCUT2D eigenvalue weighted by Crippen LogP contribution is -2.44. The highest BCUT2D eigenvalue weighted by Gasteiger charge is 2.54. The summed E-state index contributed by atoms with van der Waals surface area (Å²) in [5, 5.41) is 0. The Kier molecular flexibility index (Phi) is 3.93. The van der Waals surface area contributed by atoms with Crippen LogP contribution in [-0.2, 0) is 9.53 Å². The van der Waals surface area contributed by atoms with Gasteiger partial charge in [0.15, 0.2) is 0 Å². The first kappa shape index (κ1) is 16.4. The van der Waals surface area contributed by atoms with Crippen LogP contribution >= 0.6 is 0 Å². The largest absolute Gasteiger partial charge is 0.463 e. The predicted octanol–water partition coefficient (Wildman–Crippen LogP) is 5.29. The van der Waals surface area contributed by atoms with Gasteiger partial charge in [-0.25, -0.2) is 0 Å². The summed E-state index contributed by atoms with van der Waals surface area (Å²) in [5.41, 5.74) is 3.44. The summed E-state index contributed by atoms with van der Waals surface area (Å²) < 4.78 is 5.52. The lowest BCUT2D eigenvalue weighted by atomic mass is 9.53. The first-order valence-corrected chi connectivity index (χ1v) is 9.99. The quantitative estimate of drug-likeness (QED) is 0.611. The van der Waals surface area contributed by atoms with E-state index < -0.39 is 0 Å². The molecule has 0 aromatic carbocycles. The number of allylic oxidation sites excluding steroid dienone is 3. The van der Waals surface area contributed by atoms with Gasteiger partial charge < -0.3 is 4.74 Å². The van der Waals surface area contributed by atoms with Gasteiger partial charge in [0.1, 0.15) is 6.10 Å². The average molecular weight is 328 g/mol. The second kappa shape index (κ2) is 5.75.